The predicted octanol–water partition coefficient (Wildman–Crippen LogP) is 1.78. The number of aliphatic hydroxyl groups excluding tert-OH is 1. The lowest BCUT2D eigenvalue weighted by Gasteiger charge is -2.26. The first-order valence-corrected chi connectivity index (χ1v) is 6.18. The van der Waals surface area contributed by atoms with Crippen LogP contribution in [0, 0.1) is 0 Å². The number of benzene rings is 1. The Bertz CT molecular complexity index is 333. The molecule has 1 atom stereocenters. The lowest BCUT2D eigenvalue weighted by Crippen LogP contribution is -2.43. The number of hydrogen-bond donors (Lipinski definition) is 2. The Morgan fingerprint density at radius 2 is 1.88 bits per heavy atom. The zero-order valence-electron chi connectivity index (χ0n) is 11.1. The summed E-state index contributed by atoms with van der Waals surface area (Å²) in [6.45, 7) is 4.90. The van der Waals surface area contributed by atoms with Crippen molar-refractivity contribution < 1.29 is 5.11 Å². The Morgan fingerprint density at radius 3 is 2.35 bits per heavy atom. The maximum Gasteiger partial charge on any atom is 0.0609 e. The molecule has 3 N–H and O–H groups in total. The number of hydrogen-bond acceptors (Lipinski definition) is 3. The van der Waals surface area contributed by atoms with E-state index in [1.165, 1.54) is 11.3 Å². The summed E-state index contributed by atoms with van der Waals surface area (Å²) in [5.41, 5.74) is 7.96. The van der Waals surface area contributed by atoms with Gasteiger partial charge in [-0.3, -0.25) is 0 Å². The quantitative estimate of drug-likeness (QED) is 0.791. The summed E-state index contributed by atoms with van der Waals surface area (Å²) in [6, 6.07) is 8.57. The Morgan fingerprint density at radius 1 is 1.29 bits per heavy atom. The van der Waals surface area contributed by atoms with Gasteiger partial charge in [-0.25, -0.2) is 0 Å². The monoisotopic (exact) mass is 236 g/mol. The molecule has 0 radical (unpaired) electrons. The minimum absolute atomic E-state index is 0.0234. The second-order valence-corrected chi connectivity index (χ2v) is 5.00. The highest BCUT2D eigenvalue weighted by molar-refractivity contribution is 5.46. The van der Waals surface area contributed by atoms with Crippen molar-refractivity contribution in [2.75, 3.05) is 25.1 Å². The summed E-state index contributed by atoms with van der Waals surface area (Å²) in [6.07, 6.45) is 1.84. The van der Waals surface area contributed by atoms with Crippen LogP contribution < -0.4 is 10.6 Å². The summed E-state index contributed by atoms with van der Waals surface area (Å²) < 4.78 is 0. The average Bonchev–Trinajstić information content (AvgIpc) is 2.36. The van der Waals surface area contributed by atoms with Crippen molar-refractivity contribution in [1.29, 1.82) is 0 Å². The van der Waals surface area contributed by atoms with Gasteiger partial charge in [-0.1, -0.05) is 19.1 Å². The molecule has 0 aliphatic heterocycles. The molecule has 0 amide bonds. The Hall–Kier alpha value is -1.06. The lowest BCUT2D eigenvalue weighted by atomic mass is 10.0. The van der Waals surface area contributed by atoms with Crippen LogP contribution in [0.5, 0.6) is 0 Å². The van der Waals surface area contributed by atoms with E-state index < -0.39 is 5.54 Å². The zero-order chi connectivity index (χ0) is 12.9. The molecule has 17 heavy (non-hydrogen) atoms. The van der Waals surface area contributed by atoms with Crippen LogP contribution in [-0.4, -0.2) is 30.8 Å². The Kier molecular flexibility index (Phi) is 4.97. The van der Waals surface area contributed by atoms with E-state index in [4.69, 9.17) is 10.8 Å². The number of aryl methyl sites for hydroxylation is 1. The smallest absolute Gasteiger partial charge is 0.0609 e. The number of aliphatic hydroxyl groups is 1. The van der Waals surface area contributed by atoms with Crippen LogP contribution in [0.3, 0.4) is 0 Å². The molecule has 3 heteroatoms. The third-order valence-electron chi connectivity index (χ3n) is 3.16. The van der Waals surface area contributed by atoms with Gasteiger partial charge in [0, 0.05) is 24.8 Å². The second-order valence-electron chi connectivity index (χ2n) is 5.00. The number of rotatable bonds is 6. The van der Waals surface area contributed by atoms with E-state index in [1.807, 2.05) is 6.92 Å². The van der Waals surface area contributed by atoms with E-state index in [9.17, 15) is 0 Å². The van der Waals surface area contributed by atoms with Gasteiger partial charge in [0.1, 0.15) is 0 Å². The van der Waals surface area contributed by atoms with Crippen molar-refractivity contribution in [1.82, 2.24) is 0 Å². The number of anilines is 1. The molecule has 1 rings (SSSR count). The fourth-order valence-corrected chi connectivity index (χ4v) is 1.62. The maximum absolute atomic E-state index is 9.10. The molecule has 1 unspecified atom stereocenters. The highest BCUT2D eigenvalue weighted by Gasteiger charge is 2.17. The standard InChI is InChI=1S/C14H24N2O/c1-4-12-5-7-13(8-6-12)16(3)10-9-14(2,15)11-17/h5-8,17H,4,9-11,15H2,1-3H3. The van der Waals surface area contributed by atoms with Gasteiger partial charge in [0.15, 0.2) is 0 Å². The first-order valence-electron chi connectivity index (χ1n) is 6.18. The van der Waals surface area contributed by atoms with Crippen LogP contribution in [0.15, 0.2) is 24.3 Å². The van der Waals surface area contributed by atoms with Crippen LogP contribution in [-0.2, 0) is 6.42 Å². The van der Waals surface area contributed by atoms with Crippen LogP contribution in [0.2, 0.25) is 0 Å². The topological polar surface area (TPSA) is 49.5 Å². The van der Waals surface area contributed by atoms with Crippen LogP contribution >= 0.6 is 0 Å². The normalized spacial score (nSPS) is 14.4. The molecule has 0 heterocycles. The van der Waals surface area contributed by atoms with E-state index >= 15 is 0 Å². The molecule has 96 valence electrons. The van der Waals surface area contributed by atoms with E-state index in [2.05, 4.69) is 43.1 Å². The van der Waals surface area contributed by atoms with Gasteiger partial charge >= 0.3 is 0 Å². The summed E-state index contributed by atoms with van der Waals surface area (Å²) >= 11 is 0. The van der Waals surface area contributed by atoms with Gasteiger partial charge in [0.2, 0.25) is 0 Å². The molecule has 0 spiro atoms. The van der Waals surface area contributed by atoms with E-state index in [0.717, 1.165) is 19.4 Å². The van der Waals surface area contributed by atoms with Crippen LogP contribution in [0.4, 0.5) is 5.69 Å². The SMILES string of the molecule is CCc1ccc(N(C)CCC(C)(N)CO)cc1. The first kappa shape index (κ1) is 14.0. The van der Waals surface area contributed by atoms with Gasteiger partial charge < -0.3 is 15.7 Å². The molecule has 0 saturated carbocycles. The Labute approximate surface area is 104 Å². The van der Waals surface area contributed by atoms with Gasteiger partial charge in [-0.2, -0.15) is 0 Å². The van der Waals surface area contributed by atoms with Gasteiger partial charge in [-0.05, 0) is 37.5 Å². The highest BCUT2D eigenvalue weighted by atomic mass is 16.3. The van der Waals surface area contributed by atoms with Crippen LogP contribution in [0.1, 0.15) is 25.8 Å². The number of nitrogens with zero attached hydrogens (tertiary/aromatic N) is 1. The van der Waals surface area contributed by atoms with E-state index in [-0.39, 0.29) is 6.61 Å². The van der Waals surface area contributed by atoms with Gasteiger partial charge in [0.05, 0.1) is 6.61 Å². The minimum Gasteiger partial charge on any atom is -0.394 e. The molecule has 0 bridgehead atoms. The molecular weight excluding hydrogens is 212 g/mol. The molecule has 0 aliphatic carbocycles. The predicted molar refractivity (Wildman–Crippen MR) is 73.4 cm³/mol. The van der Waals surface area contributed by atoms with Crippen molar-refractivity contribution in [2.24, 2.45) is 5.73 Å². The van der Waals surface area contributed by atoms with Crippen LogP contribution in [0.25, 0.3) is 0 Å². The van der Waals surface area contributed by atoms with Crippen molar-refractivity contribution in [3.05, 3.63) is 29.8 Å². The molecule has 3 nitrogen and oxygen atoms in total. The van der Waals surface area contributed by atoms with Gasteiger partial charge in [-0.15, -0.1) is 0 Å². The van der Waals surface area contributed by atoms with E-state index in [1.54, 1.807) is 0 Å². The summed E-state index contributed by atoms with van der Waals surface area (Å²) in [7, 11) is 2.05. The molecular formula is C14H24N2O. The molecule has 1 aromatic carbocycles. The van der Waals surface area contributed by atoms with Gasteiger partial charge in [0.25, 0.3) is 0 Å². The summed E-state index contributed by atoms with van der Waals surface area (Å²) in [5.74, 6) is 0. The second kappa shape index (κ2) is 6.03. The summed E-state index contributed by atoms with van der Waals surface area (Å²) in [5, 5.41) is 9.10. The van der Waals surface area contributed by atoms with Crippen molar-refractivity contribution in [3.8, 4) is 0 Å². The minimum atomic E-state index is -0.488. The zero-order valence-corrected chi connectivity index (χ0v) is 11.1. The van der Waals surface area contributed by atoms with Crippen molar-refractivity contribution >= 4 is 5.69 Å². The largest absolute Gasteiger partial charge is 0.394 e. The maximum atomic E-state index is 9.10. The lowest BCUT2D eigenvalue weighted by molar-refractivity contribution is 0.202. The average molecular weight is 236 g/mol. The molecule has 0 fully saturated rings. The Balaban J connectivity index is 2.54. The number of nitrogens with two attached hydrogens (primary N) is 1. The molecule has 0 aromatic heterocycles. The first-order chi connectivity index (χ1) is 7.98. The van der Waals surface area contributed by atoms with E-state index in [0.29, 0.717) is 0 Å². The fraction of sp³-hybridized carbons (Fsp3) is 0.571. The molecule has 0 aliphatic rings. The van der Waals surface area contributed by atoms with Crippen molar-refractivity contribution in [3.63, 3.8) is 0 Å². The fourth-order valence-electron chi connectivity index (χ4n) is 1.62. The third kappa shape index (κ3) is 4.36. The molecule has 0 saturated heterocycles. The molecule has 1 aromatic rings. The van der Waals surface area contributed by atoms with Crippen molar-refractivity contribution in [2.45, 2.75) is 32.2 Å². The third-order valence-corrected chi connectivity index (χ3v) is 3.16. The summed E-state index contributed by atoms with van der Waals surface area (Å²) in [4.78, 5) is 2.17. The highest BCUT2D eigenvalue weighted by Crippen LogP contribution is 2.16.